The summed E-state index contributed by atoms with van der Waals surface area (Å²) in [6.07, 6.45) is -5.60. The molecule has 1 aliphatic rings. The van der Waals surface area contributed by atoms with Crippen molar-refractivity contribution in [2.75, 3.05) is 13.2 Å². The Hall–Kier alpha value is 0.760. The maximum atomic E-state index is 9.43. The van der Waals surface area contributed by atoms with Gasteiger partial charge in [0.25, 0.3) is 0 Å². The molecule has 7 heteroatoms. The standard InChI is InChI=1S/C8H16O6.Na.H/c1-2-13-8-6(12)5(11)7(14-8)4(10)3-9;;/h4-12H,2-3H2,1H3;;/q;+1;-1/t4-,5+,6+,7-,8-;;/m0../s1. The van der Waals surface area contributed by atoms with Gasteiger partial charge in [0, 0.05) is 6.61 Å². The fourth-order valence-electron chi connectivity index (χ4n) is 1.40. The number of hydrogen-bond donors (Lipinski definition) is 4. The van der Waals surface area contributed by atoms with E-state index in [1.54, 1.807) is 6.92 Å². The molecule has 0 saturated carbocycles. The van der Waals surface area contributed by atoms with E-state index in [0.29, 0.717) is 6.61 Å². The first-order chi connectivity index (χ1) is 6.61. The van der Waals surface area contributed by atoms with E-state index in [1.165, 1.54) is 0 Å². The van der Waals surface area contributed by atoms with Crippen molar-refractivity contribution >= 4 is 0 Å². The number of rotatable bonds is 4. The van der Waals surface area contributed by atoms with Crippen LogP contribution in [0.4, 0.5) is 0 Å². The van der Waals surface area contributed by atoms with Gasteiger partial charge in [-0.15, -0.1) is 0 Å². The molecule has 1 fully saturated rings. The normalized spacial score (nSPS) is 37.4. The molecule has 1 heterocycles. The Bertz CT molecular complexity index is 184. The molecule has 15 heavy (non-hydrogen) atoms. The molecule has 0 aromatic heterocycles. The Morgan fingerprint density at radius 1 is 1.40 bits per heavy atom. The van der Waals surface area contributed by atoms with Crippen LogP contribution in [0.2, 0.25) is 0 Å². The number of aliphatic hydroxyl groups is 4. The molecule has 0 aromatic carbocycles. The Morgan fingerprint density at radius 3 is 2.47 bits per heavy atom. The molecular weight excluding hydrogens is 215 g/mol. The molecule has 0 spiro atoms. The van der Waals surface area contributed by atoms with E-state index in [1.807, 2.05) is 0 Å². The van der Waals surface area contributed by atoms with E-state index < -0.39 is 37.3 Å². The first kappa shape index (κ1) is 15.8. The van der Waals surface area contributed by atoms with Crippen molar-refractivity contribution in [2.24, 2.45) is 0 Å². The molecule has 0 aromatic rings. The maximum absolute atomic E-state index is 9.43. The van der Waals surface area contributed by atoms with Crippen LogP contribution in [-0.2, 0) is 9.47 Å². The topological polar surface area (TPSA) is 99.4 Å². The zero-order chi connectivity index (χ0) is 10.7. The van der Waals surface area contributed by atoms with Crippen molar-refractivity contribution in [2.45, 2.75) is 37.6 Å². The predicted octanol–water partition coefficient (Wildman–Crippen LogP) is -5.06. The van der Waals surface area contributed by atoms with Crippen molar-refractivity contribution in [3.63, 3.8) is 0 Å². The van der Waals surface area contributed by atoms with Gasteiger partial charge < -0.3 is 31.3 Å². The summed E-state index contributed by atoms with van der Waals surface area (Å²) in [7, 11) is 0. The van der Waals surface area contributed by atoms with Crippen molar-refractivity contribution < 1.29 is 60.9 Å². The van der Waals surface area contributed by atoms with Gasteiger partial charge in [-0.05, 0) is 6.92 Å². The Morgan fingerprint density at radius 2 is 2.00 bits per heavy atom. The van der Waals surface area contributed by atoms with Gasteiger partial charge in [-0.3, -0.25) is 0 Å². The van der Waals surface area contributed by atoms with Gasteiger partial charge >= 0.3 is 29.6 Å². The van der Waals surface area contributed by atoms with Gasteiger partial charge in [-0.25, -0.2) is 0 Å². The Balaban J connectivity index is 0. The minimum atomic E-state index is -1.24. The van der Waals surface area contributed by atoms with Gasteiger partial charge in [0.05, 0.1) is 6.61 Å². The van der Waals surface area contributed by atoms with Crippen LogP contribution in [0.15, 0.2) is 0 Å². The van der Waals surface area contributed by atoms with Crippen LogP contribution in [0, 0.1) is 0 Å². The summed E-state index contributed by atoms with van der Waals surface area (Å²) in [5.74, 6) is 0. The largest absolute Gasteiger partial charge is 1.00 e. The summed E-state index contributed by atoms with van der Waals surface area (Å²) in [4.78, 5) is 0. The molecule has 0 bridgehead atoms. The van der Waals surface area contributed by atoms with Gasteiger partial charge in [-0.2, -0.15) is 0 Å². The summed E-state index contributed by atoms with van der Waals surface area (Å²) in [5, 5.41) is 36.7. The average molecular weight is 232 g/mol. The molecule has 86 valence electrons. The van der Waals surface area contributed by atoms with Gasteiger partial charge in [0.2, 0.25) is 0 Å². The zero-order valence-corrected chi connectivity index (χ0v) is 10.9. The quantitative estimate of drug-likeness (QED) is 0.362. The number of aliphatic hydroxyl groups excluding tert-OH is 4. The Kier molecular flexibility index (Phi) is 7.52. The predicted molar refractivity (Wildman–Crippen MR) is 46.5 cm³/mol. The van der Waals surface area contributed by atoms with E-state index in [9.17, 15) is 15.3 Å². The summed E-state index contributed by atoms with van der Waals surface area (Å²) >= 11 is 0. The van der Waals surface area contributed by atoms with Crippen LogP contribution in [0.1, 0.15) is 8.35 Å². The second-order valence-corrected chi connectivity index (χ2v) is 3.16. The van der Waals surface area contributed by atoms with E-state index in [-0.39, 0.29) is 31.0 Å². The fourth-order valence-corrected chi connectivity index (χ4v) is 1.40. The number of hydrogen-bond acceptors (Lipinski definition) is 6. The minimum absolute atomic E-state index is 0. The van der Waals surface area contributed by atoms with Crippen molar-refractivity contribution in [1.29, 1.82) is 0 Å². The van der Waals surface area contributed by atoms with E-state index in [2.05, 4.69) is 0 Å². The van der Waals surface area contributed by atoms with Crippen LogP contribution in [0.3, 0.4) is 0 Å². The third kappa shape index (κ3) is 3.62. The molecule has 0 aliphatic carbocycles. The molecule has 1 aliphatic heterocycles. The van der Waals surface area contributed by atoms with Crippen molar-refractivity contribution in [1.82, 2.24) is 0 Å². The van der Waals surface area contributed by atoms with Crippen molar-refractivity contribution in [3.05, 3.63) is 0 Å². The van der Waals surface area contributed by atoms with Crippen LogP contribution >= 0.6 is 0 Å². The minimum Gasteiger partial charge on any atom is -1.00 e. The third-order valence-corrected chi connectivity index (χ3v) is 2.15. The number of ether oxygens (including phenoxy) is 2. The molecule has 1 rings (SSSR count). The zero-order valence-electron chi connectivity index (χ0n) is 9.91. The van der Waals surface area contributed by atoms with E-state index in [4.69, 9.17) is 14.6 Å². The van der Waals surface area contributed by atoms with E-state index in [0.717, 1.165) is 0 Å². The van der Waals surface area contributed by atoms with Gasteiger partial charge in [0.1, 0.15) is 24.4 Å². The molecule has 4 N–H and O–H groups in total. The SMILES string of the molecule is CCO[C@H]1O[C@@H]([C@@H](O)CO)[C@H](O)[C@H]1O.[H-].[Na+]. The smallest absolute Gasteiger partial charge is 1.00 e. The van der Waals surface area contributed by atoms with Gasteiger partial charge in [-0.1, -0.05) is 0 Å². The van der Waals surface area contributed by atoms with Gasteiger partial charge in [0.15, 0.2) is 6.29 Å². The fraction of sp³-hybridized carbons (Fsp3) is 1.00. The average Bonchev–Trinajstić information content (AvgIpc) is 2.46. The van der Waals surface area contributed by atoms with Crippen LogP contribution in [0.5, 0.6) is 0 Å². The summed E-state index contributed by atoms with van der Waals surface area (Å²) < 4.78 is 10.0. The molecule has 0 radical (unpaired) electrons. The molecule has 0 amide bonds. The maximum Gasteiger partial charge on any atom is 1.00 e. The summed E-state index contributed by atoms with van der Waals surface area (Å²) in [6.45, 7) is 1.52. The molecule has 0 unspecified atom stereocenters. The second kappa shape index (κ2) is 7.16. The Labute approximate surface area is 112 Å². The molecule has 6 nitrogen and oxygen atoms in total. The monoisotopic (exact) mass is 232 g/mol. The molecule has 5 atom stereocenters. The van der Waals surface area contributed by atoms with Crippen LogP contribution in [0.25, 0.3) is 0 Å². The molecule has 1 saturated heterocycles. The first-order valence-electron chi connectivity index (χ1n) is 4.54. The first-order valence-corrected chi connectivity index (χ1v) is 4.54. The summed E-state index contributed by atoms with van der Waals surface area (Å²) in [5.41, 5.74) is 0. The van der Waals surface area contributed by atoms with Crippen molar-refractivity contribution in [3.8, 4) is 0 Å². The summed E-state index contributed by atoms with van der Waals surface area (Å²) in [6, 6.07) is 0. The van der Waals surface area contributed by atoms with Crippen LogP contribution < -0.4 is 29.6 Å². The van der Waals surface area contributed by atoms with E-state index >= 15 is 0 Å². The van der Waals surface area contributed by atoms with Crippen LogP contribution in [-0.4, -0.2) is 64.3 Å². The molecular formula is C8H17NaO6. The third-order valence-electron chi connectivity index (χ3n) is 2.15. The second-order valence-electron chi connectivity index (χ2n) is 3.16.